The van der Waals surface area contributed by atoms with Crippen LogP contribution in [0.15, 0.2) is 60.8 Å². The highest BCUT2D eigenvalue weighted by molar-refractivity contribution is 5.95. The Balaban J connectivity index is 1.96. The van der Waals surface area contributed by atoms with Crippen molar-refractivity contribution in [2.75, 3.05) is 5.32 Å². The Morgan fingerprint density at radius 1 is 1.12 bits per heavy atom. The second kappa shape index (κ2) is 8.43. The Labute approximate surface area is 153 Å². The summed E-state index contributed by atoms with van der Waals surface area (Å²) in [6.07, 6.45) is 5.30. The van der Waals surface area contributed by atoms with Gasteiger partial charge in [0.15, 0.2) is 0 Å². The average molecular weight is 349 g/mol. The predicted octanol–water partition coefficient (Wildman–Crippen LogP) is 5.36. The standard InChI is InChI=1S/C21H23N3O2/c1-2-3-11-17(14-16-9-5-4-6-10-16)23-21-18-12-7-8-13-19(18)22-15-20(21)24(25)26/h4-10,12-13,15,17H,2-3,11,14H2,1H3,(H,22,23)/t17-/m1/s1. The van der Waals surface area contributed by atoms with E-state index in [9.17, 15) is 10.1 Å². The first-order chi connectivity index (χ1) is 12.7. The van der Waals surface area contributed by atoms with Crippen LogP contribution in [0, 0.1) is 10.1 Å². The third-order valence-electron chi connectivity index (χ3n) is 4.53. The predicted molar refractivity (Wildman–Crippen MR) is 105 cm³/mol. The molecule has 0 unspecified atom stereocenters. The van der Waals surface area contributed by atoms with Crippen LogP contribution in [0.3, 0.4) is 0 Å². The molecule has 1 heterocycles. The minimum absolute atomic E-state index is 0.0262. The maximum atomic E-state index is 11.5. The van der Waals surface area contributed by atoms with Crippen molar-refractivity contribution in [3.8, 4) is 0 Å². The van der Waals surface area contributed by atoms with Crippen molar-refractivity contribution in [3.05, 3.63) is 76.5 Å². The summed E-state index contributed by atoms with van der Waals surface area (Å²) in [5.74, 6) is 0. The van der Waals surface area contributed by atoms with Crippen LogP contribution in [0.2, 0.25) is 0 Å². The summed E-state index contributed by atoms with van der Waals surface area (Å²) in [5, 5.41) is 15.8. The van der Waals surface area contributed by atoms with Crippen molar-refractivity contribution in [2.45, 2.75) is 38.6 Å². The molecular formula is C21H23N3O2. The zero-order chi connectivity index (χ0) is 18.4. The molecule has 1 N–H and O–H groups in total. The van der Waals surface area contributed by atoms with Gasteiger partial charge in [-0.3, -0.25) is 10.1 Å². The van der Waals surface area contributed by atoms with Gasteiger partial charge >= 0.3 is 5.69 Å². The average Bonchev–Trinajstić information content (AvgIpc) is 2.67. The number of nitrogens with zero attached hydrogens (tertiary/aromatic N) is 2. The van der Waals surface area contributed by atoms with Crippen molar-refractivity contribution >= 4 is 22.3 Å². The summed E-state index contributed by atoms with van der Waals surface area (Å²) in [5.41, 5.74) is 2.58. The van der Waals surface area contributed by atoms with E-state index < -0.39 is 0 Å². The number of benzene rings is 2. The molecule has 2 aromatic carbocycles. The van der Waals surface area contributed by atoms with Crippen LogP contribution in [-0.2, 0) is 6.42 Å². The molecule has 3 rings (SSSR count). The van der Waals surface area contributed by atoms with Gasteiger partial charge in [-0.05, 0) is 24.5 Å². The Bertz CT molecular complexity index is 881. The zero-order valence-electron chi connectivity index (χ0n) is 14.9. The highest BCUT2D eigenvalue weighted by atomic mass is 16.6. The summed E-state index contributed by atoms with van der Waals surface area (Å²) in [4.78, 5) is 15.4. The van der Waals surface area contributed by atoms with Gasteiger partial charge in [0.2, 0.25) is 0 Å². The minimum atomic E-state index is -0.360. The fraction of sp³-hybridized carbons (Fsp3) is 0.286. The third kappa shape index (κ3) is 4.17. The second-order valence-corrected chi connectivity index (χ2v) is 6.47. The molecule has 0 aliphatic rings. The Morgan fingerprint density at radius 3 is 2.58 bits per heavy atom. The molecule has 1 atom stereocenters. The molecule has 0 aliphatic carbocycles. The van der Waals surface area contributed by atoms with Gasteiger partial charge in [-0.25, -0.2) is 4.98 Å². The number of fused-ring (bicyclic) bond motifs is 1. The van der Waals surface area contributed by atoms with Crippen molar-refractivity contribution < 1.29 is 4.92 Å². The van der Waals surface area contributed by atoms with Gasteiger partial charge in [0.25, 0.3) is 0 Å². The van der Waals surface area contributed by atoms with Crippen molar-refractivity contribution in [2.24, 2.45) is 0 Å². The van der Waals surface area contributed by atoms with Crippen molar-refractivity contribution in [3.63, 3.8) is 0 Å². The molecule has 0 amide bonds. The molecular weight excluding hydrogens is 326 g/mol. The lowest BCUT2D eigenvalue weighted by molar-refractivity contribution is -0.384. The first kappa shape index (κ1) is 17.9. The lowest BCUT2D eigenvalue weighted by Gasteiger charge is -2.21. The molecule has 0 radical (unpaired) electrons. The number of unbranched alkanes of at least 4 members (excludes halogenated alkanes) is 1. The van der Waals surface area contributed by atoms with E-state index in [1.807, 2.05) is 42.5 Å². The summed E-state index contributed by atoms with van der Waals surface area (Å²) >= 11 is 0. The van der Waals surface area contributed by atoms with Gasteiger partial charge in [-0.15, -0.1) is 0 Å². The minimum Gasteiger partial charge on any atom is -0.376 e. The van der Waals surface area contributed by atoms with E-state index in [1.165, 1.54) is 11.8 Å². The number of nitro groups is 1. The number of hydrogen-bond acceptors (Lipinski definition) is 4. The van der Waals surface area contributed by atoms with Gasteiger partial charge in [-0.1, -0.05) is 68.3 Å². The van der Waals surface area contributed by atoms with E-state index in [-0.39, 0.29) is 16.7 Å². The fourth-order valence-corrected chi connectivity index (χ4v) is 3.20. The first-order valence-corrected chi connectivity index (χ1v) is 9.01. The van der Waals surface area contributed by atoms with E-state index in [2.05, 4.69) is 29.4 Å². The van der Waals surface area contributed by atoms with Gasteiger partial charge in [0.05, 0.1) is 10.4 Å². The molecule has 0 aliphatic heterocycles. The SMILES string of the molecule is CCCC[C@H](Cc1ccccc1)Nc1c([N+](=O)[O-])cnc2ccccc12. The van der Waals surface area contributed by atoms with Gasteiger partial charge < -0.3 is 5.32 Å². The largest absolute Gasteiger partial charge is 0.376 e. The molecule has 0 spiro atoms. The molecule has 0 saturated heterocycles. The lowest BCUT2D eigenvalue weighted by Crippen LogP contribution is -2.23. The number of aromatic nitrogens is 1. The van der Waals surface area contributed by atoms with Crippen LogP contribution in [0.5, 0.6) is 0 Å². The third-order valence-corrected chi connectivity index (χ3v) is 4.53. The number of nitrogens with one attached hydrogen (secondary N) is 1. The van der Waals surface area contributed by atoms with Crippen LogP contribution in [0.4, 0.5) is 11.4 Å². The molecule has 0 saturated carbocycles. The normalized spacial score (nSPS) is 12.0. The number of anilines is 1. The summed E-state index contributed by atoms with van der Waals surface area (Å²) < 4.78 is 0. The fourth-order valence-electron chi connectivity index (χ4n) is 3.20. The van der Waals surface area contributed by atoms with Crippen molar-refractivity contribution in [1.82, 2.24) is 4.98 Å². The second-order valence-electron chi connectivity index (χ2n) is 6.47. The van der Waals surface area contributed by atoms with Gasteiger partial charge in [0, 0.05) is 11.4 Å². The lowest BCUT2D eigenvalue weighted by atomic mass is 10.00. The smallest absolute Gasteiger partial charge is 0.311 e. The quantitative estimate of drug-likeness (QED) is 0.439. The topological polar surface area (TPSA) is 68.1 Å². The Kier molecular flexibility index (Phi) is 5.79. The van der Waals surface area contributed by atoms with Gasteiger partial charge in [0.1, 0.15) is 11.9 Å². The maximum absolute atomic E-state index is 11.5. The van der Waals surface area contributed by atoms with Crippen LogP contribution in [-0.4, -0.2) is 15.9 Å². The number of rotatable bonds is 8. The Hall–Kier alpha value is -2.95. The molecule has 0 bridgehead atoms. The number of hydrogen-bond donors (Lipinski definition) is 1. The molecule has 134 valence electrons. The summed E-state index contributed by atoms with van der Waals surface area (Å²) in [6.45, 7) is 2.16. The Morgan fingerprint density at radius 2 is 1.85 bits per heavy atom. The zero-order valence-corrected chi connectivity index (χ0v) is 14.9. The summed E-state index contributed by atoms with van der Waals surface area (Å²) in [6, 6.07) is 17.9. The number of para-hydroxylation sites is 1. The van der Waals surface area contributed by atoms with E-state index >= 15 is 0 Å². The molecule has 1 aromatic heterocycles. The first-order valence-electron chi connectivity index (χ1n) is 9.01. The maximum Gasteiger partial charge on any atom is 0.311 e. The number of pyridine rings is 1. The van der Waals surface area contributed by atoms with Crippen LogP contribution in [0.25, 0.3) is 10.9 Å². The summed E-state index contributed by atoms with van der Waals surface area (Å²) in [7, 11) is 0. The van der Waals surface area contributed by atoms with Crippen LogP contribution < -0.4 is 5.32 Å². The van der Waals surface area contributed by atoms with Crippen LogP contribution in [0.1, 0.15) is 31.7 Å². The molecule has 0 fully saturated rings. The van der Waals surface area contributed by atoms with Gasteiger partial charge in [-0.2, -0.15) is 0 Å². The highest BCUT2D eigenvalue weighted by Gasteiger charge is 2.21. The molecule has 5 heteroatoms. The molecule has 5 nitrogen and oxygen atoms in total. The molecule has 26 heavy (non-hydrogen) atoms. The van der Waals surface area contributed by atoms with Crippen molar-refractivity contribution in [1.29, 1.82) is 0 Å². The monoisotopic (exact) mass is 349 g/mol. The van der Waals surface area contributed by atoms with E-state index in [4.69, 9.17) is 0 Å². The van der Waals surface area contributed by atoms with E-state index in [0.29, 0.717) is 5.69 Å². The van der Waals surface area contributed by atoms with Crippen LogP contribution >= 0.6 is 0 Å². The highest BCUT2D eigenvalue weighted by Crippen LogP contribution is 2.32. The van der Waals surface area contributed by atoms with E-state index in [0.717, 1.165) is 36.6 Å². The molecule has 3 aromatic rings. The van der Waals surface area contributed by atoms with E-state index in [1.54, 1.807) is 0 Å².